The summed E-state index contributed by atoms with van der Waals surface area (Å²) < 4.78 is 8.13. The van der Waals surface area contributed by atoms with E-state index in [4.69, 9.17) is 10.1 Å². The average Bonchev–Trinajstić information content (AvgIpc) is 3.47. The van der Waals surface area contributed by atoms with Crippen LogP contribution >= 0.6 is 11.8 Å². The van der Waals surface area contributed by atoms with Crippen LogP contribution in [0.3, 0.4) is 0 Å². The van der Waals surface area contributed by atoms with Gasteiger partial charge in [0.05, 0.1) is 12.1 Å². The van der Waals surface area contributed by atoms with Gasteiger partial charge in [-0.25, -0.2) is 0 Å². The number of benzene rings is 3. The van der Waals surface area contributed by atoms with Gasteiger partial charge in [-0.2, -0.15) is 15.1 Å². The zero-order valence-electron chi connectivity index (χ0n) is 21.0. The van der Waals surface area contributed by atoms with E-state index in [1.807, 2.05) is 86.6 Å². The fourth-order valence-corrected chi connectivity index (χ4v) is 5.55. The zero-order valence-corrected chi connectivity index (χ0v) is 21.8. The van der Waals surface area contributed by atoms with Gasteiger partial charge in [-0.15, -0.1) is 0 Å². The van der Waals surface area contributed by atoms with E-state index in [1.54, 1.807) is 6.08 Å². The molecule has 8 heteroatoms. The molecule has 7 nitrogen and oxygen atoms in total. The summed E-state index contributed by atoms with van der Waals surface area (Å²) in [6, 6.07) is 25.8. The van der Waals surface area contributed by atoms with Crippen LogP contribution in [0, 0.1) is 19.3 Å². The third kappa shape index (κ3) is 4.33. The summed E-state index contributed by atoms with van der Waals surface area (Å²) in [7, 11) is 0. The van der Waals surface area contributed by atoms with Gasteiger partial charge in [0.15, 0.2) is 5.84 Å². The van der Waals surface area contributed by atoms with Gasteiger partial charge in [-0.1, -0.05) is 66.2 Å². The largest absolute Gasteiger partial charge is 0.492 e. The van der Waals surface area contributed by atoms with Gasteiger partial charge in [0.2, 0.25) is 5.17 Å². The van der Waals surface area contributed by atoms with Crippen LogP contribution in [0.4, 0.5) is 0 Å². The predicted molar refractivity (Wildman–Crippen MR) is 154 cm³/mol. The maximum atomic E-state index is 13.1. The van der Waals surface area contributed by atoms with Gasteiger partial charge in [-0.05, 0) is 49.9 Å². The number of hydrogen-bond donors (Lipinski definition) is 1. The lowest BCUT2D eigenvalue weighted by Crippen LogP contribution is -2.35. The maximum absolute atomic E-state index is 13.1. The van der Waals surface area contributed by atoms with Crippen molar-refractivity contribution < 1.29 is 9.53 Å². The van der Waals surface area contributed by atoms with E-state index in [0.29, 0.717) is 23.4 Å². The molecule has 0 saturated heterocycles. The number of rotatable bonds is 6. The third-order valence-electron chi connectivity index (χ3n) is 6.65. The summed E-state index contributed by atoms with van der Waals surface area (Å²) >= 11 is 1.31. The highest BCUT2D eigenvalue weighted by Crippen LogP contribution is 2.33. The Balaban J connectivity index is 1.32. The molecular formula is C30H25N5O2S. The Morgan fingerprint density at radius 3 is 2.50 bits per heavy atom. The molecule has 4 aromatic rings. The van der Waals surface area contributed by atoms with Gasteiger partial charge in [0.1, 0.15) is 17.4 Å². The Hall–Kier alpha value is -4.43. The molecular weight excluding hydrogens is 494 g/mol. The van der Waals surface area contributed by atoms with Gasteiger partial charge in [-0.3, -0.25) is 10.2 Å². The highest BCUT2D eigenvalue weighted by Gasteiger charge is 2.36. The molecule has 1 aromatic heterocycles. The van der Waals surface area contributed by atoms with Crippen LogP contribution in [-0.2, 0) is 11.3 Å². The molecule has 188 valence electrons. The molecule has 2 aliphatic heterocycles. The highest BCUT2D eigenvalue weighted by molar-refractivity contribution is 8.27. The number of hydrazone groups is 1. The molecule has 2 aliphatic rings. The molecule has 0 spiro atoms. The van der Waals surface area contributed by atoms with Crippen molar-refractivity contribution in [2.24, 2.45) is 10.1 Å². The van der Waals surface area contributed by atoms with Crippen LogP contribution in [0.15, 0.2) is 94.5 Å². The van der Waals surface area contributed by atoms with E-state index in [1.165, 1.54) is 16.8 Å². The van der Waals surface area contributed by atoms with Gasteiger partial charge >= 0.3 is 0 Å². The van der Waals surface area contributed by atoms with E-state index >= 15 is 0 Å². The van der Waals surface area contributed by atoms with Gasteiger partial charge < -0.3 is 9.30 Å². The average molecular weight is 520 g/mol. The minimum atomic E-state index is -0.433. The van der Waals surface area contributed by atoms with Crippen LogP contribution < -0.4 is 4.74 Å². The number of carbonyl (C=O) groups excluding carboxylic acids is 1. The molecule has 1 amide bonds. The molecule has 0 unspecified atom stereocenters. The lowest BCUT2D eigenvalue weighted by atomic mass is 10.1. The van der Waals surface area contributed by atoms with Crippen LogP contribution in [0.2, 0.25) is 0 Å². The Labute approximate surface area is 224 Å². The van der Waals surface area contributed by atoms with Gasteiger partial charge in [0.25, 0.3) is 5.91 Å². The Morgan fingerprint density at radius 2 is 1.71 bits per heavy atom. The number of amidine groups is 2. The van der Waals surface area contributed by atoms with Crippen LogP contribution in [0.5, 0.6) is 5.75 Å². The number of aromatic nitrogens is 1. The van der Waals surface area contributed by atoms with E-state index in [0.717, 1.165) is 39.0 Å². The molecule has 38 heavy (non-hydrogen) atoms. The lowest BCUT2D eigenvalue weighted by molar-refractivity contribution is -0.114. The monoisotopic (exact) mass is 519 g/mol. The first-order valence-electron chi connectivity index (χ1n) is 12.3. The topological polar surface area (TPSA) is 83.0 Å². The number of carbonyl (C=O) groups is 1. The van der Waals surface area contributed by atoms with E-state index in [2.05, 4.69) is 20.7 Å². The minimum Gasteiger partial charge on any atom is -0.492 e. The van der Waals surface area contributed by atoms with E-state index in [-0.39, 0.29) is 11.4 Å². The second-order valence-corrected chi connectivity index (χ2v) is 10.1. The Morgan fingerprint density at radius 1 is 0.974 bits per heavy atom. The van der Waals surface area contributed by atoms with Crippen LogP contribution in [0.25, 0.3) is 17.0 Å². The number of aryl methyl sites for hydroxylation is 1. The molecule has 6 rings (SSSR count). The molecule has 3 aromatic carbocycles. The Bertz CT molecular complexity index is 1670. The summed E-state index contributed by atoms with van der Waals surface area (Å²) in [4.78, 5) is 17.4. The van der Waals surface area contributed by atoms with E-state index < -0.39 is 5.91 Å². The summed E-state index contributed by atoms with van der Waals surface area (Å²) in [5.74, 6) is 0.420. The minimum absolute atomic E-state index is 0.0262. The lowest BCUT2D eigenvalue weighted by Gasteiger charge is -2.20. The molecule has 0 saturated carbocycles. The standard InChI is InChI=1S/C30H25N5O2S/c1-19-12-14-21(15-13-19)29-33-35-27(31)25(28(36)32-30(35)38-29)18-24-20(2)34(26-11-7-6-10-23(24)26)16-17-37-22-8-4-3-5-9-22/h3-15,18,31H,16-17H2,1-2H3/b25-18+,31-27?. The maximum Gasteiger partial charge on any atom is 0.283 e. The van der Waals surface area contributed by atoms with Gasteiger partial charge in [0, 0.05) is 27.7 Å². The number of amides is 1. The number of thioether (sulfide) groups is 1. The Kier molecular flexibility index (Phi) is 6.17. The molecule has 0 aliphatic carbocycles. The van der Waals surface area contributed by atoms with Crippen molar-refractivity contribution in [2.45, 2.75) is 20.4 Å². The van der Waals surface area contributed by atoms with Crippen molar-refractivity contribution in [3.8, 4) is 5.75 Å². The quantitative estimate of drug-likeness (QED) is 0.317. The molecule has 0 atom stereocenters. The summed E-state index contributed by atoms with van der Waals surface area (Å²) in [6.45, 7) is 5.20. The number of nitrogens with zero attached hydrogens (tertiary/aromatic N) is 4. The second-order valence-electron chi connectivity index (χ2n) is 9.12. The highest BCUT2D eigenvalue weighted by atomic mass is 32.2. The number of nitrogens with one attached hydrogen (secondary N) is 1. The van der Waals surface area contributed by atoms with Crippen molar-refractivity contribution in [3.05, 3.63) is 107 Å². The van der Waals surface area contributed by atoms with Crippen molar-refractivity contribution in [2.75, 3.05) is 6.61 Å². The fourth-order valence-electron chi connectivity index (χ4n) is 4.65. The predicted octanol–water partition coefficient (Wildman–Crippen LogP) is 6.00. The summed E-state index contributed by atoms with van der Waals surface area (Å²) in [6.07, 6.45) is 1.78. The first-order chi connectivity index (χ1) is 18.5. The first kappa shape index (κ1) is 23.9. The summed E-state index contributed by atoms with van der Waals surface area (Å²) in [5, 5.41) is 17.0. The van der Waals surface area contributed by atoms with Crippen LogP contribution in [-0.4, -0.2) is 38.1 Å². The number of para-hydroxylation sites is 2. The second kappa shape index (κ2) is 9.79. The number of hydrogen-bond acceptors (Lipinski definition) is 5. The molecule has 3 heterocycles. The number of aliphatic imine (C=N–C) groups is 1. The van der Waals surface area contributed by atoms with Crippen molar-refractivity contribution in [3.63, 3.8) is 0 Å². The zero-order chi connectivity index (χ0) is 26.2. The number of ether oxygens (including phenoxy) is 1. The van der Waals surface area contributed by atoms with Crippen molar-refractivity contribution in [1.82, 2.24) is 9.58 Å². The third-order valence-corrected chi connectivity index (χ3v) is 7.61. The molecule has 0 radical (unpaired) electrons. The summed E-state index contributed by atoms with van der Waals surface area (Å²) in [5.41, 5.74) is 5.23. The molecule has 1 N–H and O–H groups in total. The van der Waals surface area contributed by atoms with E-state index in [9.17, 15) is 4.79 Å². The fraction of sp³-hybridized carbons (Fsp3) is 0.133. The van der Waals surface area contributed by atoms with Crippen molar-refractivity contribution >= 4 is 50.7 Å². The first-order valence-corrected chi connectivity index (χ1v) is 13.1. The molecule has 0 fully saturated rings. The smallest absolute Gasteiger partial charge is 0.283 e. The number of fused-ring (bicyclic) bond motifs is 2. The SMILES string of the molecule is Cc1ccc(C2=NN3C(=N)/C(=C\c4c(C)n(CCOc5ccccc5)c5ccccc45)C(=O)N=C3S2)cc1. The molecule has 0 bridgehead atoms. The normalized spacial score (nSPS) is 16.2. The van der Waals surface area contributed by atoms with Crippen LogP contribution in [0.1, 0.15) is 22.4 Å². The van der Waals surface area contributed by atoms with Crippen molar-refractivity contribution in [1.29, 1.82) is 5.41 Å².